The quantitative estimate of drug-likeness (QED) is 0.318. The normalized spacial score (nSPS) is 16.0. The molecule has 29 heavy (non-hydrogen) atoms. The van der Waals surface area contributed by atoms with Crippen molar-refractivity contribution in [3.63, 3.8) is 0 Å². The van der Waals surface area contributed by atoms with Gasteiger partial charge in [0.15, 0.2) is 0 Å². The summed E-state index contributed by atoms with van der Waals surface area (Å²) in [5.74, 6) is 0.0291. The average Bonchev–Trinajstić information content (AvgIpc) is 3.09. The SMILES string of the molecule is COC(=O)CCCCCCN1C(=O)CC[C@@H]1COC(=S)NCCc1ccccc1. The Morgan fingerprint density at radius 3 is 2.72 bits per heavy atom. The van der Waals surface area contributed by atoms with E-state index in [-0.39, 0.29) is 17.9 Å². The zero-order valence-electron chi connectivity index (χ0n) is 17.2. The van der Waals surface area contributed by atoms with Crippen LogP contribution in [0, 0.1) is 0 Å². The number of carbonyl (C=O) groups is 2. The Kier molecular flexibility index (Phi) is 10.5. The third-order valence-electron chi connectivity index (χ3n) is 5.14. The highest BCUT2D eigenvalue weighted by atomic mass is 32.1. The van der Waals surface area contributed by atoms with Gasteiger partial charge in [-0.15, -0.1) is 0 Å². The first kappa shape index (κ1) is 23.1. The number of nitrogens with one attached hydrogen (secondary N) is 1. The summed E-state index contributed by atoms with van der Waals surface area (Å²) in [5, 5.41) is 3.52. The van der Waals surface area contributed by atoms with Gasteiger partial charge < -0.3 is 19.7 Å². The van der Waals surface area contributed by atoms with Crippen LogP contribution < -0.4 is 5.32 Å². The minimum Gasteiger partial charge on any atom is -0.469 e. The van der Waals surface area contributed by atoms with E-state index in [0.29, 0.717) is 24.6 Å². The van der Waals surface area contributed by atoms with E-state index >= 15 is 0 Å². The number of benzene rings is 1. The van der Waals surface area contributed by atoms with Gasteiger partial charge in [0.25, 0.3) is 5.17 Å². The molecule has 0 radical (unpaired) electrons. The third kappa shape index (κ3) is 8.81. The molecule has 1 N–H and O–H groups in total. The maximum Gasteiger partial charge on any atom is 0.305 e. The van der Waals surface area contributed by atoms with Gasteiger partial charge in [-0.3, -0.25) is 9.59 Å². The van der Waals surface area contributed by atoms with E-state index in [9.17, 15) is 9.59 Å². The highest BCUT2D eigenvalue weighted by molar-refractivity contribution is 7.80. The molecule has 1 aliphatic heterocycles. The van der Waals surface area contributed by atoms with Crippen molar-refractivity contribution in [1.82, 2.24) is 10.2 Å². The van der Waals surface area contributed by atoms with Crippen LogP contribution in [0.1, 0.15) is 50.5 Å². The van der Waals surface area contributed by atoms with Gasteiger partial charge in [0.2, 0.25) is 5.91 Å². The van der Waals surface area contributed by atoms with Gasteiger partial charge in [0, 0.05) is 25.9 Å². The molecule has 1 atom stereocenters. The first-order chi connectivity index (χ1) is 14.1. The molecule has 1 fully saturated rings. The van der Waals surface area contributed by atoms with Crippen molar-refractivity contribution in [1.29, 1.82) is 0 Å². The Hall–Kier alpha value is -2.15. The summed E-state index contributed by atoms with van der Waals surface area (Å²) >= 11 is 5.26. The molecular formula is C22H32N2O4S. The van der Waals surface area contributed by atoms with Crippen molar-refractivity contribution in [2.75, 3.05) is 26.8 Å². The Bertz CT molecular complexity index is 653. The van der Waals surface area contributed by atoms with Crippen LogP contribution in [-0.4, -0.2) is 54.8 Å². The Morgan fingerprint density at radius 1 is 1.21 bits per heavy atom. The molecule has 0 spiro atoms. The molecule has 1 amide bonds. The molecule has 1 aromatic rings. The van der Waals surface area contributed by atoms with Crippen molar-refractivity contribution >= 4 is 29.3 Å². The lowest BCUT2D eigenvalue weighted by molar-refractivity contribution is -0.140. The molecule has 0 saturated carbocycles. The molecule has 160 valence electrons. The lowest BCUT2D eigenvalue weighted by atomic mass is 10.1. The first-order valence-electron chi connectivity index (χ1n) is 10.4. The summed E-state index contributed by atoms with van der Waals surface area (Å²) in [5.41, 5.74) is 1.25. The van der Waals surface area contributed by atoms with Crippen LogP contribution in [0.15, 0.2) is 30.3 Å². The minimum absolute atomic E-state index is 0.0893. The number of likely N-dealkylation sites (tertiary alicyclic amines) is 1. The number of unbranched alkanes of at least 4 members (excludes halogenated alkanes) is 3. The Balaban J connectivity index is 1.59. The monoisotopic (exact) mass is 420 g/mol. The maximum absolute atomic E-state index is 12.2. The second kappa shape index (κ2) is 13.1. The van der Waals surface area contributed by atoms with Gasteiger partial charge in [0.1, 0.15) is 6.61 Å². The summed E-state index contributed by atoms with van der Waals surface area (Å²) < 4.78 is 10.3. The van der Waals surface area contributed by atoms with Gasteiger partial charge in [-0.05, 0) is 43.5 Å². The highest BCUT2D eigenvalue weighted by Crippen LogP contribution is 2.20. The molecule has 0 aromatic heterocycles. The van der Waals surface area contributed by atoms with E-state index in [4.69, 9.17) is 17.0 Å². The number of thiocarbonyl (C=S) groups is 1. The van der Waals surface area contributed by atoms with Crippen LogP contribution >= 0.6 is 12.2 Å². The lowest BCUT2D eigenvalue weighted by Gasteiger charge is -2.25. The number of rotatable bonds is 12. The predicted octanol–water partition coefficient (Wildman–Crippen LogP) is 3.23. The average molecular weight is 421 g/mol. The molecule has 7 heteroatoms. The van der Waals surface area contributed by atoms with Crippen molar-refractivity contribution in [2.45, 2.75) is 57.4 Å². The second-order valence-electron chi connectivity index (χ2n) is 7.28. The number of hydrogen-bond donors (Lipinski definition) is 1. The van der Waals surface area contributed by atoms with Crippen LogP contribution in [0.3, 0.4) is 0 Å². The van der Waals surface area contributed by atoms with Gasteiger partial charge in [-0.25, -0.2) is 0 Å². The van der Waals surface area contributed by atoms with Crippen LogP contribution in [0.5, 0.6) is 0 Å². The number of amides is 1. The van der Waals surface area contributed by atoms with Crippen LogP contribution in [-0.2, 0) is 25.5 Å². The Labute approximate surface area is 178 Å². The standard InChI is InChI=1S/C22H32N2O4S/c1-27-21(26)11-7-2-3-8-16-24-19(12-13-20(24)25)17-28-22(29)23-15-14-18-9-5-4-6-10-18/h4-6,9-10,19H,2-3,7-8,11-17H2,1H3,(H,23,29)/t19-/m1/s1. The maximum atomic E-state index is 12.2. The fourth-order valence-corrected chi connectivity index (χ4v) is 3.63. The van der Waals surface area contributed by atoms with Crippen molar-refractivity contribution in [3.05, 3.63) is 35.9 Å². The van der Waals surface area contributed by atoms with E-state index in [1.165, 1.54) is 12.7 Å². The van der Waals surface area contributed by atoms with Crippen molar-refractivity contribution in [3.8, 4) is 0 Å². The van der Waals surface area contributed by atoms with Crippen LogP contribution in [0.4, 0.5) is 0 Å². The largest absolute Gasteiger partial charge is 0.469 e. The fraction of sp³-hybridized carbons (Fsp3) is 0.591. The molecule has 1 aromatic carbocycles. The molecule has 1 heterocycles. The van der Waals surface area contributed by atoms with E-state index in [1.807, 2.05) is 23.1 Å². The predicted molar refractivity (Wildman–Crippen MR) is 117 cm³/mol. The lowest BCUT2D eigenvalue weighted by Crippen LogP contribution is -2.38. The van der Waals surface area contributed by atoms with Gasteiger partial charge in [0.05, 0.1) is 13.2 Å². The number of carbonyl (C=O) groups excluding carboxylic acids is 2. The number of hydrogen-bond acceptors (Lipinski definition) is 5. The smallest absolute Gasteiger partial charge is 0.305 e. The first-order valence-corrected chi connectivity index (χ1v) is 10.8. The number of nitrogens with zero attached hydrogens (tertiary/aromatic N) is 1. The van der Waals surface area contributed by atoms with E-state index in [1.54, 1.807) is 0 Å². The second-order valence-corrected chi connectivity index (χ2v) is 7.65. The molecule has 0 aliphatic carbocycles. The molecule has 0 unspecified atom stereocenters. The highest BCUT2D eigenvalue weighted by Gasteiger charge is 2.30. The summed E-state index contributed by atoms with van der Waals surface area (Å²) in [6, 6.07) is 10.3. The van der Waals surface area contributed by atoms with Gasteiger partial charge in [-0.2, -0.15) is 0 Å². The fourth-order valence-electron chi connectivity index (χ4n) is 3.46. The zero-order chi connectivity index (χ0) is 20.9. The molecule has 0 bridgehead atoms. The molecule has 6 nitrogen and oxygen atoms in total. The Morgan fingerprint density at radius 2 is 1.97 bits per heavy atom. The minimum atomic E-state index is -0.162. The van der Waals surface area contributed by atoms with E-state index < -0.39 is 0 Å². The summed E-state index contributed by atoms with van der Waals surface area (Å²) in [7, 11) is 1.41. The van der Waals surface area contributed by atoms with E-state index in [0.717, 1.165) is 51.6 Å². The summed E-state index contributed by atoms with van der Waals surface area (Å²) in [6.45, 7) is 1.90. The van der Waals surface area contributed by atoms with Crippen molar-refractivity contribution < 1.29 is 19.1 Å². The molecule has 2 rings (SSSR count). The third-order valence-corrected chi connectivity index (χ3v) is 5.40. The molecule has 1 saturated heterocycles. The summed E-state index contributed by atoms with van der Waals surface area (Å²) in [4.78, 5) is 25.2. The zero-order valence-corrected chi connectivity index (χ0v) is 18.0. The van der Waals surface area contributed by atoms with Gasteiger partial charge in [-0.1, -0.05) is 43.2 Å². The molecule has 1 aliphatic rings. The molecular weight excluding hydrogens is 388 g/mol. The number of esters is 1. The van der Waals surface area contributed by atoms with Gasteiger partial charge >= 0.3 is 5.97 Å². The number of ether oxygens (including phenoxy) is 2. The van der Waals surface area contributed by atoms with E-state index in [2.05, 4.69) is 22.2 Å². The van der Waals surface area contributed by atoms with Crippen molar-refractivity contribution in [2.24, 2.45) is 0 Å². The van der Waals surface area contributed by atoms with Crippen LogP contribution in [0.2, 0.25) is 0 Å². The summed E-state index contributed by atoms with van der Waals surface area (Å²) in [6.07, 6.45) is 6.46. The topological polar surface area (TPSA) is 67.9 Å². The number of methoxy groups -OCH3 is 1. The van der Waals surface area contributed by atoms with Crippen LogP contribution in [0.25, 0.3) is 0 Å².